The molecule has 1 unspecified atom stereocenters. The van der Waals surface area contributed by atoms with Gasteiger partial charge in [-0.2, -0.15) is 0 Å². The first kappa shape index (κ1) is 13.6. The lowest BCUT2D eigenvalue weighted by Gasteiger charge is -2.07. The number of carbonyl (C=O) groups excluding carboxylic acids is 1. The number of aliphatic hydroxyl groups excluding tert-OH is 1. The molecule has 0 aliphatic heterocycles. The molecule has 0 aliphatic rings. The minimum absolute atomic E-state index is 0.279. The SMILES string of the molecule is Cc1cc(F)cc(C(=O)NCCCC(C)O)c1. The van der Waals surface area contributed by atoms with Crippen LogP contribution in [0.1, 0.15) is 35.7 Å². The molecule has 0 fully saturated rings. The highest BCUT2D eigenvalue weighted by Gasteiger charge is 2.07. The number of benzene rings is 1. The molecule has 0 aliphatic carbocycles. The Morgan fingerprint density at radius 1 is 1.47 bits per heavy atom. The molecule has 0 saturated carbocycles. The zero-order valence-electron chi connectivity index (χ0n) is 10.2. The lowest BCUT2D eigenvalue weighted by atomic mass is 10.1. The van der Waals surface area contributed by atoms with E-state index in [4.69, 9.17) is 5.11 Å². The summed E-state index contributed by atoms with van der Waals surface area (Å²) in [4.78, 5) is 11.7. The van der Waals surface area contributed by atoms with Gasteiger partial charge in [0.15, 0.2) is 0 Å². The molecular formula is C13H18FNO2. The molecule has 0 bridgehead atoms. The number of aryl methyl sites for hydroxylation is 1. The summed E-state index contributed by atoms with van der Waals surface area (Å²) in [6, 6.07) is 4.24. The lowest BCUT2D eigenvalue weighted by molar-refractivity contribution is 0.0949. The molecule has 94 valence electrons. The number of hydrogen-bond donors (Lipinski definition) is 2. The Bertz CT molecular complexity index is 371. The van der Waals surface area contributed by atoms with Crippen LogP contribution in [0.2, 0.25) is 0 Å². The second-order valence-corrected chi connectivity index (χ2v) is 4.26. The van der Waals surface area contributed by atoms with E-state index in [0.29, 0.717) is 24.9 Å². The number of halogens is 1. The molecule has 1 aromatic rings. The lowest BCUT2D eigenvalue weighted by Crippen LogP contribution is -2.25. The Kier molecular flexibility index (Phi) is 5.10. The van der Waals surface area contributed by atoms with E-state index in [-0.39, 0.29) is 12.0 Å². The molecule has 17 heavy (non-hydrogen) atoms. The quantitative estimate of drug-likeness (QED) is 0.772. The van der Waals surface area contributed by atoms with Crippen molar-refractivity contribution in [2.45, 2.75) is 32.8 Å². The zero-order chi connectivity index (χ0) is 12.8. The van der Waals surface area contributed by atoms with E-state index in [1.165, 1.54) is 12.1 Å². The monoisotopic (exact) mass is 239 g/mol. The maximum atomic E-state index is 13.1. The molecule has 0 radical (unpaired) electrons. The van der Waals surface area contributed by atoms with Crippen molar-refractivity contribution in [2.75, 3.05) is 6.54 Å². The first-order valence-electron chi connectivity index (χ1n) is 5.72. The van der Waals surface area contributed by atoms with Gasteiger partial charge in [-0.1, -0.05) is 0 Å². The van der Waals surface area contributed by atoms with Crippen molar-refractivity contribution in [1.29, 1.82) is 0 Å². The highest BCUT2D eigenvalue weighted by molar-refractivity contribution is 5.94. The van der Waals surface area contributed by atoms with Crippen LogP contribution in [0, 0.1) is 12.7 Å². The minimum atomic E-state index is -0.404. The number of rotatable bonds is 5. The van der Waals surface area contributed by atoms with E-state index >= 15 is 0 Å². The van der Waals surface area contributed by atoms with Gasteiger partial charge in [0.1, 0.15) is 5.82 Å². The normalized spacial score (nSPS) is 12.2. The number of amides is 1. The average Bonchev–Trinajstić information content (AvgIpc) is 2.22. The third kappa shape index (κ3) is 4.95. The first-order chi connectivity index (χ1) is 7.99. The van der Waals surface area contributed by atoms with E-state index in [1.54, 1.807) is 19.9 Å². The molecule has 0 aromatic heterocycles. The molecule has 1 amide bonds. The molecule has 0 heterocycles. The van der Waals surface area contributed by atoms with Gasteiger partial charge in [-0.05, 0) is 50.5 Å². The zero-order valence-corrected chi connectivity index (χ0v) is 10.2. The third-order valence-corrected chi connectivity index (χ3v) is 2.39. The predicted octanol–water partition coefficient (Wildman–Crippen LogP) is 2.02. The van der Waals surface area contributed by atoms with Crippen LogP contribution in [0.25, 0.3) is 0 Å². The standard InChI is InChI=1S/C13H18FNO2/c1-9-6-11(8-12(14)7-9)13(17)15-5-3-4-10(2)16/h6-8,10,16H,3-5H2,1-2H3,(H,15,17). The predicted molar refractivity (Wildman–Crippen MR) is 64.4 cm³/mol. The highest BCUT2D eigenvalue weighted by Crippen LogP contribution is 2.08. The Labute approximate surface area is 101 Å². The van der Waals surface area contributed by atoms with Crippen LogP contribution in [0.5, 0.6) is 0 Å². The highest BCUT2D eigenvalue weighted by atomic mass is 19.1. The van der Waals surface area contributed by atoms with Crippen molar-refractivity contribution in [3.63, 3.8) is 0 Å². The molecule has 3 nitrogen and oxygen atoms in total. The topological polar surface area (TPSA) is 49.3 Å². The Balaban J connectivity index is 2.47. The van der Waals surface area contributed by atoms with E-state index in [9.17, 15) is 9.18 Å². The number of hydrogen-bond acceptors (Lipinski definition) is 2. The van der Waals surface area contributed by atoms with Gasteiger partial charge in [0, 0.05) is 12.1 Å². The average molecular weight is 239 g/mol. The summed E-state index contributed by atoms with van der Waals surface area (Å²) in [5.41, 5.74) is 1.05. The third-order valence-electron chi connectivity index (χ3n) is 2.39. The van der Waals surface area contributed by atoms with Crippen molar-refractivity contribution in [3.05, 3.63) is 35.1 Å². The fraction of sp³-hybridized carbons (Fsp3) is 0.462. The minimum Gasteiger partial charge on any atom is -0.393 e. The van der Waals surface area contributed by atoms with Crippen LogP contribution in [0.15, 0.2) is 18.2 Å². The molecule has 4 heteroatoms. The van der Waals surface area contributed by atoms with E-state index in [1.807, 2.05) is 0 Å². The maximum absolute atomic E-state index is 13.1. The fourth-order valence-electron chi connectivity index (χ4n) is 1.57. The summed E-state index contributed by atoms with van der Waals surface area (Å²) in [6.07, 6.45) is 0.989. The summed E-state index contributed by atoms with van der Waals surface area (Å²) in [5, 5.41) is 11.7. The number of carbonyl (C=O) groups is 1. The van der Waals surface area contributed by atoms with Crippen molar-refractivity contribution in [2.24, 2.45) is 0 Å². The Morgan fingerprint density at radius 2 is 2.18 bits per heavy atom. The van der Waals surface area contributed by atoms with Crippen LogP contribution < -0.4 is 5.32 Å². The van der Waals surface area contributed by atoms with Crippen LogP contribution in [0.4, 0.5) is 4.39 Å². The molecule has 1 aromatic carbocycles. The van der Waals surface area contributed by atoms with Gasteiger partial charge in [0.05, 0.1) is 6.10 Å². The summed E-state index contributed by atoms with van der Waals surface area (Å²) >= 11 is 0. The maximum Gasteiger partial charge on any atom is 0.251 e. The van der Waals surface area contributed by atoms with Gasteiger partial charge >= 0.3 is 0 Å². The van der Waals surface area contributed by atoms with Crippen LogP contribution >= 0.6 is 0 Å². The van der Waals surface area contributed by atoms with Crippen LogP contribution in [-0.2, 0) is 0 Å². The Morgan fingerprint density at radius 3 is 2.76 bits per heavy atom. The van der Waals surface area contributed by atoms with Gasteiger partial charge in [0.25, 0.3) is 5.91 Å². The van der Waals surface area contributed by atoms with Gasteiger partial charge in [0.2, 0.25) is 0 Å². The second-order valence-electron chi connectivity index (χ2n) is 4.26. The summed E-state index contributed by atoms with van der Waals surface area (Å²) < 4.78 is 13.1. The van der Waals surface area contributed by atoms with Crippen LogP contribution in [0.3, 0.4) is 0 Å². The van der Waals surface area contributed by atoms with Crippen molar-refractivity contribution < 1.29 is 14.3 Å². The summed E-state index contributed by atoms with van der Waals surface area (Å²) in [5.74, 6) is -0.683. The van der Waals surface area contributed by atoms with Gasteiger partial charge in [-0.25, -0.2) is 4.39 Å². The summed E-state index contributed by atoms with van der Waals surface area (Å²) in [6.45, 7) is 3.93. The first-order valence-corrected chi connectivity index (χ1v) is 5.72. The Hall–Kier alpha value is -1.42. The second kappa shape index (κ2) is 6.35. The molecule has 0 spiro atoms. The van der Waals surface area contributed by atoms with Gasteiger partial charge in [-0.15, -0.1) is 0 Å². The van der Waals surface area contributed by atoms with Crippen LogP contribution in [-0.4, -0.2) is 23.7 Å². The molecule has 1 rings (SSSR count). The molecular weight excluding hydrogens is 221 g/mol. The van der Waals surface area contributed by atoms with E-state index in [0.717, 1.165) is 5.56 Å². The van der Waals surface area contributed by atoms with Gasteiger partial charge in [-0.3, -0.25) is 4.79 Å². The van der Waals surface area contributed by atoms with Crippen molar-refractivity contribution >= 4 is 5.91 Å². The van der Waals surface area contributed by atoms with Crippen molar-refractivity contribution in [1.82, 2.24) is 5.32 Å². The largest absolute Gasteiger partial charge is 0.393 e. The number of nitrogens with one attached hydrogen (secondary N) is 1. The smallest absolute Gasteiger partial charge is 0.251 e. The van der Waals surface area contributed by atoms with Gasteiger partial charge < -0.3 is 10.4 Å². The molecule has 1 atom stereocenters. The molecule has 2 N–H and O–H groups in total. The van der Waals surface area contributed by atoms with E-state index in [2.05, 4.69) is 5.32 Å². The molecule has 0 saturated heterocycles. The fourth-order valence-corrected chi connectivity index (χ4v) is 1.57. The number of aliphatic hydroxyl groups is 1. The summed E-state index contributed by atoms with van der Waals surface area (Å²) in [7, 11) is 0. The van der Waals surface area contributed by atoms with Crippen molar-refractivity contribution in [3.8, 4) is 0 Å². The van der Waals surface area contributed by atoms with E-state index < -0.39 is 5.82 Å².